The zero-order valence-corrected chi connectivity index (χ0v) is 25.7. The zero-order chi connectivity index (χ0) is 29.6. The monoisotopic (exact) mass is 646 g/mol. The Morgan fingerprint density at radius 1 is 0.953 bits per heavy atom. The normalized spacial score (nSPS) is 11.1. The van der Waals surface area contributed by atoms with E-state index >= 15 is 0 Å². The minimum absolute atomic E-state index is 0.309. The number of ether oxygens (including phenoxy) is 1. The summed E-state index contributed by atoms with van der Waals surface area (Å²) in [7, 11) is 0. The lowest BCUT2D eigenvalue weighted by atomic mass is 10.1. The van der Waals surface area contributed by atoms with E-state index in [0.717, 1.165) is 43.1 Å². The minimum atomic E-state index is -0.309. The van der Waals surface area contributed by atoms with E-state index in [2.05, 4.69) is 80.1 Å². The first kappa shape index (κ1) is 28.3. The van der Waals surface area contributed by atoms with Crippen LogP contribution in [0.5, 0.6) is 5.75 Å². The van der Waals surface area contributed by atoms with Crippen molar-refractivity contribution in [1.29, 1.82) is 0 Å². The number of carbonyl (C=O) groups excluding carboxylic acids is 1. The number of amides is 1. The molecule has 43 heavy (non-hydrogen) atoms. The van der Waals surface area contributed by atoms with Crippen LogP contribution < -0.4 is 15.5 Å². The third-order valence-electron chi connectivity index (χ3n) is 6.85. The summed E-state index contributed by atoms with van der Waals surface area (Å²) in [6, 6.07) is 35.6. The van der Waals surface area contributed by atoms with Gasteiger partial charge in [0.25, 0.3) is 5.91 Å². The summed E-state index contributed by atoms with van der Waals surface area (Å²) in [5.74, 6) is 0.356. The van der Waals surface area contributed by atoms with Gasteiger partial charge in [-0.2, -0.15) is 5.10 Å². The standard InChI is InChI=1S/C35H27BrN4O2S/c1-23-9-16-30(17-10-23)38-35-39-32(22-43-35)25-11-13-26(14-12-25)34(41)40-37-20-28-19-29(36)15-18-33(28)42-21-27-7-4-6-24-5-2-3-8-31(24)27/h2-20,22H,21H2,1H3,(H,38,39)(H,40,41)/b37-20-. The summed E-state index contributed by atoms with van der Waals surface area (Å²) in [4.78, 5) is 17.5. The van der Waals surface area contributed by atoms with Gasteiger partial charge < -0.3 is 10.1 Å². The molecule has 0 bridgehead atoms. The number of hydrazone groups is 1. The van der Waals surface area contributed by atoms with Crippen LogP contribution in [0.3, 0.4) is 0 Å². The second-order valence-corrected chi connectivity index (χ2v) is 11.7. The van der Waals surface area contributed by atoms with Crippen LogP contribution in [0.1, 0.15) is 27.0 Å². The number of anilines is 2. The Morgan fingerprint density at radius 2 is 1.74 bits per heavy atom. The second-order valence-electron chi connectivity index (χ2n) is 9.91. The highest BCUT2D eigenvalue weighted by atomic mass is 79.9. The topological polar surface area (TPSA) is 75.6 Å². The molecular weight excluding hydrogens is 620 g/mol. The molecule has 0 spiro atoms. The number of nitrogens with zero attached hydrogens (tertiary/aromatic N) is 2. The first-order valence-electron chi connectivity index (χ1n) is 13.6. The van der Waals surface area contributed by atoms with Gasteiger partial charge in [-0.15, -0.1) is 11.3 Å². The Morgan fingerprint density at radius 3 is 2.58 bits per heavy atom. The number of benzene rings is 5. The van der Waals surface area contributed by atoms with Crippen LogP contribution in [-0.4, -0.2) is 17.1 Å². The lowest BCUT2D eigenvalue weighted by Gasteiger charge is -2.11. The Kier molecular flexibility index (Phi) is 8.58. The number of hydrogen-bond donors (Lipinski definition) is 2. The molecule has 1 amide bonds. The molecule has 0 fully saturated rings. The fourth-order valence-corrected chi connectivity index (χ4v) is 5.69. The fourth-order valence-electron chi connectivity index (χ4n) is 4.57. The zero-order valence-electron chi connectivity index (χ0n) is 23.3. The smallest absolute Gasteiger partial charge is 0.271 e. The quantitative estimate of drug-likeness (QED) is 0.121. The van der Waals surface area contributed by atoms with Crippen LogP contribution in [0.25, 0.3) is 22.0 Å². The number of halogens is 1. The predicted octanol–water partition coefficient (Wildman–Crippen LogP) is 9.12. The van der Waals surface area contributed by atoms with E-state index in [-0.39, 0.29) is 5.91 Å². The summed E-state index contributed by atoms with van der Waals surface area (Å²) < 4.78 is 7.07. The molecule has 1 heterocycles. The van der Waals surface area contributed by atoms with E-state index in [0.29, 0.717) is 17.9 Å². The van der Waals surface area contributed by atoms with Gasteiger partial charge in [-0.1, -0.05) is 88.2 Å². The van der Waals surface area contributed by atoms with Crippen molar-refractivity contribution in [2.45, 2.75) is 13.5 Å². The number of fused-ring (bicyclic) bond motifs is 1. The number of rotatable bonds is 9. The van der Waals surface area contributed by atoms with Crippen molar-refractivity contribution in [3.8, 4) is 17.0 Å². The average molecular weight is 648 g/mol. The van der Waals surface area contributed by atoms with Crippen molar-refractivity contribution in [1.82, 2.24) is 10.4 Å². The van der Waals surface area contributed by atoms with E-state index < -0.39 is 0 Å². The lowest BCUT2D eigenvalue weighted by molar-refractivity contribution is 0.0955. The van der Waals surface area contributed by atoms with Crippen LogP contribution in [0, 0.1) is 6.92 Å². The summed E-state index contributed by atoms with van der Waals surface area (Å²) in [6.45, 7) is 2.47. The van der Waals surface area contributed by atoms with E-state index in [1.54, 1.807) is 18.3 Å². The number of aromatic nitrogens is 1. The Labute approximate surface area is 262 Å². The van der Waals surface area contributed by atoms with Crippen molar-refractivity contribution in [2.24, 2.45) is 5.10 Å². The van der Waals surface area contributed by atoms with Crippen LogP contribution in [0.2, 0.25) is 0 Å². The lowest BCUT2D eigenvalue weighted by Crippen LogP contribution is -2.17. The Hall–Kier alpha value is -4.79. The molecular formula is C35H27BrN4O2S. The van der Waals surface area contributed by atoms with Crippen LogP contribution >= 0.6 is 27.3 Å². The molecule has 1 aromatic heterocycles. The molecule has 0 saturated carbocycles. The van der Waals surface area contributed by atoms with Gasteiger partial charge >= 0.3 is 0 Å². The molecule has 6 rings (SSSR count). The van der Waals surface area contributed by atoms with Crippen LogP contribution in [0.4, 0.5) is 10.8 Å². The summed E-state index contributed by atoms with van der Waals surface area (Å²) in [6.07, 6.45) is 1.59. The molecule has 212 valence electrons. The molecule has 0 aliphatic rings. The molecule has 0 aliphatic heterocycles. The highest BCUT2D eigenvalue weighted by Crippen LogP contribution is 2.28. The van der Waals surface area contributed by atoms with Crippen molar-refractivity contribution in [2.75, 3.05) is 5.32 Å². The molecule has 6 nitrogen and oxygen atoms in total. The van der Waals surface area contributed by atoms with E-state index in [1.165, 1.54) is 22.3 Å². The van der Waals surface area contributed by atoms with Gasteiger partial charge in [0.05, 0.1) is 11.9 Å². The maximum atomic E-state index is 12.8. The summed E-state index contributed by atoms with van der Waals surface area (Å²) in [5.41, 5.74) is 8.92. The third kappa shape index (κ3) is 6.99. The molecule has 8 heteroatoms. The molecule has 0 radical (unpaired) electrons. The van der Waals surface area contributed by atoms with E-state index in [1.807, 2.05) is 66.0 Å². The van der Waals surface area contributed by atoms with Crippen LogP contribution in [-0.2, 0) is 6.61 Å². The van der Waals surface area contributed by atoms with Crippen molar-refractivity contribution < 1.29 is 9.53 Å². The number of nitrogens with one attached hydrogen (secondary N) is 2. The maximum Gasteiger partial charge on any atom is 0.271 e. The summed E-state index contributed by atoms with van der Waals surface area (Å²) in [5, 5.41) is 12.7. The third-order valence-corrected chi connectivity index (χ3v) is 8.11. The van der Waals surface area contributed by atoms with Gasteiger partial charge in [0, 0.05) is 32.2 Å². The van der Waals surface area contributed by atoms with E-state index in [9.17, 15) is 4.79 Å². The second kappa shape index (κ2) is 13.0. The fraction of sp³-hybridized carbons (Fsp3) is 0.0571. The van der Waals surface area contributed by atoms with E-state index in [4.69, 9.17) is 4.74 Å². The molecule has 5 aromatic carbocycles. The van der Waals surface area contributed by atoms with Crippen molar-refractivity contribution in [3.05, 3.63) is 141 Å². The van der Waals surface area contributed by atoms with Gasteiger partial charge in [-0.3, -0.25) is 4.79 Å². The van der Waals surface area contributed by atoms with Crippen molar-refractivity contribution in [3.63, 3.8) is 0 Å². The number of thiazole rings is 1. The van der Waals surface area contributed by atoms with Gasteiger partial charge in [0.2, 0.25) is 0 Å². The maximum absolute atomic E-state index is 12.8. The number of aryl methyl sites for hydroxylation is 1. The Balaban J connectivity index is 1.08. The largest absolute Gasteiger partial charge is 0.488 e. The highest BCUT2D eigenvalue weighted by Gasteiger charge is 2.10. The Bertz CT molecular complexity index is 1910. The first-order valence-corrected chi connectivity index (χ1v) is 15.3. The van der Waals surface area contributed by atoms with Crippen molar-refractivity contribution >= 4 is 61.0 Å². The molecule has 0 atom stereocenters. The number of hydrogen-bond acceptors (Lipinski definition) is 6. The highest BCUT2D eigenvalue weighted by molar-refractivity contribution is 9.10. The molecule has 0 aliphatic carbocycles. The van der Waals surface area contributed by atoms with Crippen LogP contribution in [0.15, 0.2) is 124 Å². The molecule has 2 N–H and O–H groups in total. The summed E-state index contributed by atoms with van der Waals surface area (Å²) >= 11 is 5.05. The number of carbonyl (C=O) groups is 1. The van der Waals surface area contributed by atoms with Gasteiger partial charge in [-0.25, -0.2) is 10.4 Å². The SMILES string of the molecule is Cc1ccc(Nc2nc(-c3ccc(C(=O)N/N=C\c4cc(Br)ccc4OCc4cccc5ccccc45)cc3)cs2)cc1. The predicted molar refractivity (Wildman–Crippen MR) is 179 cm³/mol. The minimum Gasteiger partial charge on any atom is -0.488 e. The molecule has 6 aromatic rings. The average Bonchev–Trinajstić information content (AvgIpc) is 3.50. The van der Waals surface area contributed by atoms with Gasteiger partial charge in [-0.05, 0) is 65.7 Å². The van der Waals surface area contributed by atoms with Gasteiger partial charge in [0.15, 0.2) is 5.13 Å². The molecule has 0 unspecified atom stereocenters. The first-order chi connectivity index (χ1) is 21.0. The molecule has 0 saturated heterocycles. The van der Waals surface area contributed by atoms with Gasteiger partial charge in [0.1, 0.15) is 12.4 Å².